The first-order valence-electron chi connectivity index (χ1n) is 15.9. The highest BCUT2D eigenvalue weighted by Gasteiger charge is 2.37. The first kappa shape index (κ1) is 26.2. The Morgan fingerprint density at radius 3 is 1.55 bits per heavy atom. The van der Waals surface area contributed by atoms with Gasteiger partial charge in [0.25, 0.3) is 0 Å². The van der Waals surface area contributed by atoms with E-state index in [-0.39, 0.29) is 5.41 Å². The first-order chi connectivity index (χ1) is 23.0. The second kappa shape index (κ2) is 9.47. The molecule has 3 aromatic heterocycles. The first-order valence-corrected chi connectivity index (χ1v) is 15.9. The summed E-state index contributed by atoms with van der Waals surface area (Å²) in [6, 6.07) is 43.8. The molecular formula is C42H27N3O2. The van der Waals surface area contributed by atoms with Gasteiger partial charge in [0.1, 0.15) is 22.3 Å². The predicted molar refractivity (Wildman–Crippen MR) is 188 cm³/mol. The van der Waals surface area contributed by atoms with Crippen LogP contribution < -0.4 is 0 Å². The van der Waals surface area contributed by atoms with Gasteiger partial charge in [0.15, 0.2) is 17.5 Å². The minimum atomic E-state index is -0.140. The van der Waals surface area contributed by atoms with Crippen molar-refractivity contribution in [2.24, 2.45) is 0 Å². The predicted octanol–water partition coefficient (Wildman–Crippen LogP) is 11.0. The van der Waals surface area contributed by atoms with Crippen LogP contribution >= 0.6 is 0 Å². The van der Waals surface area contributed by atoms with E-state index in [1.807, 2.05) is 48.5 Å². The molecule has 5 nitrogen and oxygen atoms in total. The van der Waals surface area contributed by atoms with E-state index in [2.05, 4.69) is 92.7 Å². The molecule has 0 unspecified atom stereocenters. The molecule has 9 aromatic rings. The topological polar surface area (TPSA) is 65.0 Å². The highest BCUT2D eigenvalue weighted by atomic mass is 16.3. The fraction of sp³-hybridized carbons (Fsp3) is 0.0714. The van der Waals surface area contributed by atoms with Gasteiger partial charge in [-0.15, -0.1) is 0 Å². The summed E-state index contributed by atoms with van der Waals surface area (Å²) in [6.07, 6.45) is 0. The number of aromatic nitrogens is 3. The van der Waals surface area contributed by atoms with Crippen molar-refractivity contribution in [1.29, 1.82) is 0 Å². The summed E-state index contributed by atoms with van der Waals surface area (Å²) in [6.45, 7) is 4.58. The third-order valence-electron chi connectivity index (χ3n) is 9.76. The second-order valence-corrected chi connectivity index (χ2v) is 12.8. The zero-order chi connectivity index (χ0) is 31.3. The Hall–Kier alpha value is -6.07. The van der Waals surface area contributed by atoms with Crippen molar-refractivity contribution in [1.82, 2.24) is 15.0 Å². The van der Waals surface area contributed by atoms with Crippen molar-refractivity contribution in [3.8, 4) is 45.3 Å². The van der Waals surface area contributed by atoms with Crippen LogP contribution in [-0.2, 0) is 5.41 Å². The molecule has 0 radical (unpaired) electrons. The van der Waals surface area contributed by atoms with Gasteiger partial charge < -0.3 is 8.83 Å². The standard InChI is InChI=1S/C42H27N3O2/c1-42(2)32-14-6-3-12-30(32)38-31(13-9-15-33(38)42)41-44-39(24-18-20-28-26-10-4-7-16-34(26)46-36(28)22-24)43-40(45-41)25-19-21-29-27-11-5-8-17-35(27)47-37(29)23-25/h3-23H,1-2H3. The average molecular weight is 606 g/mol. The van der Waals surface area contributed by atoms with E-state index >= 15 is 0 Å². The van der Waals surface area contributed by atoms with Crippen LogP contribution in [0.2, 0.25) is 0 Å². The molecule has 6 aromatic carbocycles. The number of hydrogen-bond donors (Lipinski definition) is 0. The lowest BCUT2D eigenvalue weighted by Crippen LogP contribution is -2.14. The number of furan rings is 2. The van der Waals surface area contributed by atoms with Gasteiger partial charge in [-0.1, -0.05) is 105 Å². The van der Waals surface area contributed by atoms with Gasteiger partial charge in [0.05, 0.1) is 0 Å². The average Bonchev–Trinajstić information content (AvgIpc) is 3.75. The van der Waals surface area contributed by atoms with E-state index < -0.39 is 0 Å². The maximum Gasteiger partial charge on any atom is 0.164 e. The van der Waals surface area contributed by atoms with Crippen LogP contribution in [0, 0.1) is 0 Å². The Morgan fingerprint density at radius 2 is 0.915 bits per heavy atom. The van der Waals surface area contributed by atoms with Gasteiger partial charge >= 0.3 is 0 Å². The molecule has 0 saturated heterocycles. The molecule has 5 heteroatoms. The molecule has 0 N–H and O–H groups in total. The highest BCUT2D eigenvalue weighted by Crippen LogP contribution is 2.51. The van der Waals surface area contributed by atoms with Gasteiger partial charge in [-0.3, -0.25) is 0 Å². The molecule has 0 saturated carbocycles. The van der Waals surface area contributed by atoms with Crippen LogP contribution in [0.1, 0.15) is 25.0 Å². The summed E-state index contributed by atoms with van der Waals surface area (Å²) in [7, 11) is 0. The summed E-state index contributed by atoms with van der Waals surface area (Å²) in [5, 5.41) is 4.31. The summed E-state index contributed by atoms with van der Waals surface area (Å²) in [5.41, 5.74) is 10.9. The molecule has 0 spiro atoms. The van der Waals surface area contributed by atoms with Crippen molar-refractivity contribution in [3.05, 3.63) is 139 Å². The van der Waals surface area contributed by atoms with E-state index in [0.29, 0.717) is 17.5 Å². The number of benzene rings is 6. The Bertz CT molecular complexity index is 2600. The molecule has 1 aliphatic rings. The second-order valence-electron chi connectivity index (χ2n) is 12.8. The Kier molecular flexibility index (Phi) is 5.28. The van der Waals surface area contributed by atoms with Crippen LogP contribution in [0.3, 0.4) is 0 Å². The van der Waals surface area contributed by atoms with Crippen LogP contribution in [0.25, 0.3) is 89.2 Å². The third kappa shape index (κ3) is 3.80. The van der Waals surface area contributed by atoms with Gasteiger partial charge in [-0.2, -0.15) is 0 Å². The largest absolute Gasteiger partial charge is 0.456 e. The SMILES string of the molecule is CC1(C)c2ccccc2-c2c(-c3nc(-c4ccc5c(c4)oc4ccccc45)nc(-c4ccc5c(c4)oc4ccccc45)n3)cccc21. The molecule has 1 aliphatic carbocycles. The molecule has 0 bridgehead atoms. The number of nitrogens with zero attached hydrogens (tertiary/aromatic N) is 3. The van der Waals surface area contributed by atoms with Gasteiger partial charge in [-0.25, -0.2) is 15.0 Å². The smallest absolute Gasteiger partial charge is 0.164 e. The van der Waals surface area contributed by atoms with E-state index in [9.17, 15) is 0 Å². The quantitative estimate of drug-likeness (QED) is 0.200. The summed E-state index contributed by atoms with van der Waals surface area (Å²) < 4.78 is 12.5. The van der Waals surface area contributed by atoms with Gasteiger partial charge in [-0.05, 0) is 58.7 Å². The van der Waals surface area contributed by atoms with Gasteiger partial charge in [0, 0.05) is 43.7 Å². The molecule has 10 rings (SSSR count). The highest BCUT2D eigenvalue weighted by molar-refractivity contribution is 6.07. The fourth-order valence-electron chi connectivity index (χ4n) is 7.43. The maximum atomic E-state index is 6.26. The molecule has 222 valence electrons. The summed E-state index contributed by atoms with van der Waals surface area (Å²) in [5.74, 6) is 1.80. The maximum absolute atomic E-state index is 6.26. The molecule has 0 aliphatic heterocycles. The monoisotopic (exact) mass is 605 g/mol. The van der Waals surface area contributed by atoms with Crippen molar-refractivity contribution >= 4 is 43.9 Å². The number of hydrogen-bond acceptors (Lipinski definition) is 5. The van der Waals surface area contributed by atoms with E-state index in [4.69, 9.17) is 23.8 Å². The lowest BCUT2D eigenvalue weighted by Gasteiger charge is -2.21. The molecule has 0 amide bonds. The Labute approximate surface area is 270 Å². The van der Waals surface area contributed by atoms with Gasteiger partial charge in [0.2, 0.25) is 0 Å². The van der Waals surface area contributed by atoms with E-state index in [1.54, 1.807) is 0 Å². The fourth-order valence-corrected chi connectivity index (χ4v) is 7.43. The molecular weight excluding hydrogens is 578 g/mol. The van der Waals surface area contributed by atoms with Crippen molar-refractivity contribution in [3.63, 3.8) is 0 Å². The van der Waals surface area contributed by atoms with Crippen LogP contribution in [0.15, 0.2) is 136 Å². The minimum Gasteiger partial charge on any atom is -0.456 e. The number of fused-ring (bicyclic) bond motifs is 9. The minimum absolute atomic E-state index is 0.140. The van der Waals surface area contributed by atoms with E-state index in [1.165, 1.54) is 22.3 Å². The zero-order valence-electron chi connectivity index (χ0n) is 25.8. The van der Waals surface area contributed by atoms with Crippen LogP contribution in [0.5, 0.6) is 0 Å². The molecule has 0 fully saturated rings. The van der Waals surface area contributed by atoms with Crippen molar-refractivity contribution in [2.45, 2.75) is 19.3 Å². The lowest BCUT2D eigenvalue weighted by molar-refractivity contribution is 0.660. The Morgan fingerprint density at radius 1 is 0.426 bits per heavy atom. The number of para-hydroxylation sites is 2. The third-order valence-corrected chi connectivity index (χ3v) is 9.76. The normalized spacial score (nSPS) is 13.5. The lowest BCUT2D eigenvalue weighted by atomic mass is 9.82. The molecule has 3 heterocycles. The van der Waals surface area contributed by atoms with Crippen molar-refractivity contribution < 1.29 is 8.83 Å². The van der Waals surface area contributed by atoms with Crippen LogP contribution in [-0.4, -0.2) is 15.0 Å². The number of rotatable bonds is 3. The summed E-state index contributed by atoms with van der Waals surface area (Å²) >= 11 is 0. The van der Waals surface area contributed by atoms with Crippen LogP contribution in [0.4, 0.5) is 0 Å². The Balaban J connectivity index is 1.22. The van der Waals surface area contributed by atoms with Crippen molar-refractivity contribution in [2.75, 3.05) is 0 Å². The summed E-state index contributed by atoms with van der Waals surface area (Å²) in [4.78, 5) is 15.4. The molecule has 47 heavy (non-hydrogen) atoms. The molecule has 0 atom stereocenters. The zero-order valence-corrected chi connectivity index (χ0v) is 25.8. The van der Waals surface area contributed by atoms with E-state index in [0.717, 1.165) is 60.6 Å².